The second-order valence-corrected chi connectivity index (χ2v) is 87.3. The number of hydrogen-bond donors (Lipinski definition) is 0. The van der Waals surface area contributed by atoms with Crippen LogP contribution >= 0.6 is 0 Å². The van der Waals surface area contributed by atoms with Crippen molar-refractivity contribution in [3.8, 4) is 0 Å². The van der Waals surface area contributed by atoms with Crippen LogP contribution in [-0.4, -0.2) is 377 Å². The first-order chi connectivity index (χ1) is 61.5. The molecule has 34 nitrogen and oxygen atoms in total. The number of rotatable bonds is 87. The number of ether oxygens (including phenoxy) is 1. The Morgan fingerprint density at radius 1 is 0.132 bits per heavy atom. The lowest BCUT2D eigenvalue weighted by Crippen LogP contribution is -2.47. The highest BCUT2D eigenvalue weighted by molar-refractivity contribution is 6.83. The molecule has 0 aliphatic heterocycles. The van der Waals surface area contributed by atoms with Crippen LogP contribution in [0, 0.1) is 0 Å². The summed E-state index contributed by atoms with van der Waals surface area (Å²) < 4.78 is 193. The zero-order chi connectivity index (χ0) is 99.2. The molecule has 0 unspecified atom stereocenters. The van der Waals surface area contributed by atoms with Crippen molar-refractivity contribution in [3.63, 3.8) is 0 Å². The molecule has 0 aromatic rings. The fourth-order valence-corrected chi connectivity index (χ4v) is 64.2. The van der Waals surface area contributed by atoms with Crippen molar-refractivity contribution in [2.75, 3.05) is 248 Å². The summed E-state index contributed by atoms with van der Waals surface area (Å²) in [5.74, 6) is 0. The Morgan fingerprint density at radius 3 is 0.411 bits per heavy atom. The van der Waals surface area contributed by atoms with Crippen molar-refractivity contribution in [2.24, 2.45) is 0 Å². The van der Waals surface area contributed by atoms with Crippen molar-refractivity contribution >= 4 is 129 Å². The van der Waals surface area contributed by atoms with E-state index >= 15 is 0 Å². The van der Waals surface area contributed by atoms with E-state index in [1.54, 1.807) is 235 Å². The third-order valence-electron chi connectivity index (χ3n) is 26.9. The second kappa shape index (κ2) is 76.6. The molecule has 0 N–H and O–H groups in total. The molecule has 782 valence electrons. The van der Waals surface area contributed by atoms with Crippen LogP contribution in [0.1, 0.15) is 118 Å². The average Bonchev–Trinajstić information content (AvgIpc) is 0.851. The van der Waals surface area contributed by atoms with E-state index in [1.165, 1.54) is 86.1 Å². The monoisotopic (exact) mass is 2120 g/mol. The molecular formula is C80H198O34Si15. The number of hydrogen-bond acceptors (Lipinski definition) is 34. The SMILES string of the molecule is CCCC[Si](CCC[Si](OC)(OC)OC)(CCC[Si](OC)(OC)OC)CCC[Si](OC)(OC)OC.CCC[Si](C)(CC[Si](OC)(OC)OC)CC[Si](OC)(OC)OC.CCC[Si](CCC[Si](OC)(OC)OC)(CCC[Si](OC)(OC)OC)CCC[Si](OC)(OC)OC.CCOCCC[Si](CCC[Si](OC)(OC)OC)(CCC[Si](OC)(OC)OC)CCC[Si](OC)(OC)OC. The predicted octanol–water partition coefficient (Wildman–Crippen LogP) is 17.6. The van der Waals surface area contributed by atoms with Gasteiger partial charge in [-0.3, -0.25) is 0 Å². The van der Waals surface area contributed by atoms with E-state index in [-0.39, 0.29) is 0 Å². The maximum Gasteiger partial charge on any atom is 0.500 e. The van der Waals surface area contributed by atoms with Crippen LogP contribution in [0.15, 0.2) is 0 Å². The van der Waals surface area contributed by atoms with Gasteiger partial charge in [-0.05, 0) is 13.3 Å². The summed E-state index contributed by atoms with van der Waals surface area (Å²) in [6.07, 6.45) is 15.1. The summed E-state index contributed by atoms with van der Waals surface area (Å²) in [5, 5.41) is 0. The molecule has 0 aromatic carbocycles. The van der Waals surface area contributed by atoms with Gasteiger partial charge in [-0.2, -0.15) is 0 Å². The highest BCUT2D eigenvalue weighted by Crippen LogP contribution is 2.42. The third kappa shape index (κ3) is 49.6. The standard InChI is InChI=1S/C23H56O10Si4.C22H54O9Si4.C21H52O9Si4.C14H36O6Si3/c1-11-33-16-12-17-34(18-13-21-35(24-2,25-3)26-4,19-14-22-36(27-5,28-6)29-7)20-15-23-37(30-8,31-9)32-10;1-11-12-16-32(17-13-20-33(23-2,24-3)25-4,18-14-21-34(26-5,27-6)28-7)19-15-22-35(29-8,30-9)31-10;1-11-15-31(16-12-19-32(22-2,23-3)24-4,17-13-20-33(25-5,26-6)27-7)18-14-21-34(28-8,29-9)30-10;1-9-10-21(8,11-13-22(15-2,16-3)17-4)12-14-23(18-5,19-6)20-7/h11-23H2,1-10H3;11-22H2,1-10H3;11-21H2,1-10H3;9-14H2,1-8H3. The molecule has 129 heavy (non-hydrogen) atoms. The largest absolute Gasteiger partial charge is 0.500 e. The van der Waals surface area contributed by atoms with Gasteiger partial charge in [-0.1, -0.05) is 201 Å². The highest BCUT2D eigenvalue weighted by Gasteiger charge is 2.50. The molecule has 0 saturated heterocycles. The average molecular weight is 2130 g/mol. The van der Waals surface area contributed by atoms with Crippen molar-refractivity contribution in [1.82, 2.24) is 0 Å². The van der Waals surface area contributed by atoms with E-state index in [9.17, 15) is 0 Å². The van der Waals surface area contributed by atoms with Gasteiger partial charge in [0.15, 0.2) is 0 Å². The summed E-state index contributed by atoms with van der Waals surface area (Å²) in [7, 11) is 20.6. The molecule has 0 aliphatic rings. The van der Waals surface area contributed by atoms with Crippen LogP contribution in [0.25, 0.3) is 0 Å². The Kier molecular flexibility index (Phi) is 81.4. The van der Waals surface area contributed by atoms with Gasteiger partial charge in [0, 0.05) is 314 Å². The normalized spacial score (nSPS) is 13.5. The minimum atomic E-state index is -2.63. The van der Waals surface area contributed by atoms with Crippen LogP contribution in [0.4, 0.5) is 0 Å². The van der Waals surface area contributed by atoms with Crippen LogP contribution in [-0.2, 0) is 151 Å². The number of unbranched alkanes of at least 4 members (excludes halogenated alkanes) is 1. The molecule has 0 fully saturated rings. The molecule has 0 bridgehead atoms. The fourth-order valence-electron chi connectivity index (χ4n) is 18.2. The zero-order valence-corrected chi connectivity index (χ0v) is 104. The summed E-state index contributed by atoms with van der Waals surface area (Å²) in [4.78, 5) is 0. The van der Waals surface area contributed by atoms with Gasteiger partial charge >= 0.3 is 96.8 Å². The van der Waals surface area contributed by atoms with E-state index < -0.39 is 129 Å². The lowest BCUT2D eigenvalue weighted by atomic mass is 10.4. The topological polar surface area (TPSA) is 314 Å². The summed E-state index contributed by atoms with van der Waals surface area (Å²) in [6, 6.07) is 27.1. The van der Waals surface area contributed by atoms with Crippen molar-refractivity contribution in [2.45, 2.75) is 281 Å². The van der Waals surface area contributed by atoms with Crippen LogP contribution < -0.4 is 0 Å². The summed E-state index contributed by atoms with van der Waals surface area (Å²) in [5.41, 5.74) is 0. The van der Waals surface area contributed by atoms with Crippen molar-refractivity contribution in [1.29, 1.82) is 0 Å². The molecule has 0 aromatic heterocycles. The maximum atomic E-state index is 5.72. The highest BCUT2D eigenvalue weighted by atomic mass is 28.4. The minimum Gasteiger partial charge on any atom is -0.382 e. The van der Waals surface area contributed by atoms with Gasteiger partial charge in [-0.25, -0.2) is 0 Å². The first kappa shape index (κ1) is 137. The predicted molar refractivity (Wildman–Crippen MR) is 547 cm³/mol. The van der Waals surface area contributed by atoms with E-state index in [4.69, 9.17) is 151 Å². The third-order valence-corrected chi connectivity index (χ3v) is 80.6. The van der Waals surface area contributed by atoms with Crippen molar-refractivity contribution < 1.29 is 151 Å². The van der Waals surface area contributed by atoms with Crippen LogP contribution in [0.3, 0.4) is 0 Å². The lowest BCUT2D eigenvalue weighted by Gasteiger charge is -2.35. The van der Waals surface area contributed by atoms with E-state index in [1.807, 2.05) is 6.92 Å². The van der Waals surface area contributed by atoms with Gasteiger partial charge < -0.3 is 151 Å². The molecule has 0 amide bonds. The molecule has 0 aliphatic carbocycles. The minimum absolute atomic E-state index is 0.742. The van der Waals surface area contributed by atoms with E-state index in [0.29, 0.717) is 0 Å². The maximum absolute atomic E-state index is 5.72. The Labute approximate surface area is 803 Å². The van der Waals surface area contributed by atoms with E-state index in [2.05, 4.69) is 27.3 Å². The first-order valence-electron chi connectivity index (χ1n) is 46.3. The van der Waals surface area contributed by atoms with E-state index in [0.717, 1.165) is 174 Å². The zero-order valence-electron chi connectivity index (χ0n) is 89.1. The smallest absolute Gasteiger partial charge is 0.382 e. The molecule has 0 radical (unpaired) electrons. The lowest BCUT2D eigenvalue weighted by molar-refractivity contribution is 0.122. The molecule has 0 spiro atoms. The van der Waals surface area contributed by atoms with Gasteiger partial charge in [0.1, 0.15) is 0 Å². The Bertz CT molecular complexity index is 2230. The Hall–Kier alpha value is 1.89. The van der Waals surface area contributed by atoms with Gasteiger partial charge in [-0.15, -0.1) is 0 Å². The molecular weight excluding hydrogens is 1930 g/mol. The Balaban J connectivity index is -0.000000817. The van der Waals surface area contributed by atoms with Gasteiger partial charge in [0.25, 0.3) is 0 Å². The molecule has 0 rings (SSSR count). The summed E-state index contributed by atoms with van der Waals surface area (Å²) >= 11 is 0. The first-order valence-corrected chi connectivity index (χ1v) is 79.2. The van der Waals surface area contributed by atoms with Gasteiger partial charge in [0.2, 0.25) is 0 Å². The molecule has 0 saturated carbocycles. The fraction of sp³-hybridized carbons (Fsp3) is 1.00. The Morgan fingerprint density at radius 2 is 0.271 bits per heavy atom. The molecule has 0 heterocycles. The van der Waals surface area contributed by atoms with Crippen LogP contribution in [0.2, 0.25) is 164 Å². The molecule has 0 atom stereocenters. The second-order valence-electron chi connectivity index (χ2n) is 33.1. The van der Waals surface area contributed by atoms with Crippen LogP contribution in [0.5, 0.6) is 0 Å². The summed E-state index contributed by atoms with van der Waals surface area (Å²) in [6.45, 7) is 12.8. The van der Waals surface area contributed by atoms with Crippen molar-refractivity contribution in [3.05, 3.63) is 0 Å². The van der Waals surface area contributed by atoms with Gasteiger partial charge in [0.05, 0.1) is 32.3 Å². The molecule has 49 heteroatoms. The quantitative estimate of drug-likeness (QED) is 0.0403.